The first kappa shape index (κ1) is 14.2. The Kier molecular flexibility index (Phi) is 3.11. The minimum absolute atomic E-state index is 0.0376. The summed E-state index contributed by atoms with van der Waals surface area (Å²) in [6, 6.07) is 7.51. The van der Waals surface area contributed by atoms with Crippen molar-refractivity contribution in [2.24, 2.45) is 5.41 Å². The number of cyclic esters (lactones) is 1. The minimum atomic E-state index is -0.516. The number of hydrogen-bond donors (Lipinski definition) is 1. The fraction of sp³-hybridized carbons (Fsp3) is 0.500. The van der Waals surface area contributed by atoms with Crippen LogP contribution in [-0.4, -0.2) is 62.8 Å². The van der Waals surface area contributed by atoms with E-state index in [4.69, 9.17) is 9.47 Å². The van der Waals surface area contributed by atoms with E-state index in [0.717, 1.165) is 31.9 Å². The minimum Gasteiger partial charge on any atom is -0.497 e. The first-order valence-corrected chi connectivity index (χ1v) is 7.70. The van der Waals surface area contributed by atoms with E-state index >= 15 is 0 Å². The number of methoxy groups -OCH3 is 1. The Hall–Kier alpha value is -2.44. The zero-order valence-corrected chi connectivity index (χ0v) is 12.9. The summed E-state index contributed by atoms with van der Waals surface area (Å²) in [5.74, 6) is 0.814. The molecule has 0 radical (unpaired) electrons. The normalized spacial score (nSPS) is 24.6. The number of carbonyl (C=O) groups is 2. The average molecular weight is 317 g/mol. The summed E-state index contributed by atoms with van der Waals surface area (Å²) in [6.45, 7) is 3.56. The van der Waals surface area contributed by atoms with Crippen molar-refractivity contribution < 1.29 is 19.1 Å². The molecule has 23 heavy (non-hydrogen) atoms. The second-order valence-corrected chi connectivity index (χ2v) is 6.54. The Morgan fingerprint density at radius 3 is 2.52 bits per heavy atom. The maximum Gasteiger partial charge on any atom is 0.407 e. The van der Waals surface area contributed by atoms with Crippen LogP contribution in [0.2, 0.25) is 0 Å². The molecule has 7 nitrogen and oxygen atoms in total. The molecule has 0 aliphatic carbocycles. The molecule has 0 unspecified atom stereocenters. The predicted molar refractivity (Wildman–Crippen MR) is 82.5 cm³/mol. The van der Waals surface area contributed by atoms with Crippen LogP contribution in [0.4, 0.5) is 10.5 Å². The van der Waals surface area contributed by atoms with Gasteiger partial charge in [-0.3, -0.25) is 4.79 Å². The highest BCUT2D eigenvalue weighted by molar-refractivity contribution is 5.88. The van der Waals surface area contributed by atoms with E-state index in [2.05, 4.69) is 22.3 Å². The summed E-state index contributed by atoms with van der Waals surface area (Å²) in [6.07, 6.45) is -0.507. The van der Waals surface area contributed by atoms with Crippen LogP contribution < -0.4 is 15.0 Å². The molecule has 1 aromatic carbocycles. The SMILES string of the molecule is COc1ccc(N2CC3(CN(C(=O)[C@@H]4COC(=O)N4)C3)C2)cc1. The number of alkyl carbamates (subject to hydrolysis) is 1. The van der Waals surface area contributed by atoms with Gasteiger partial charge in [0.05, 0.1) is 7.11 Å². The maximum absolute atomic E-state index is 12.2. The fourth-order valence-electron chi connectivity index (χ4n) is 3.60. The molecule has 1 N–H and O–H groups in total. The lowest BCUT2D eigenvalue weighted by Crippen LogP contribution is -2.74. The van der Waals surface area contributed by atoms with Gasteiger partial charge in [-0.25, -0.2) is 4.79 Å². The van der Waals surface area contributed by atoms with Crippen molar-refractivity contribution in [2.75, 3.05) is 44.8 Å². The van der Waals surface area contributed by atoms with E-state index in [1.165, 1.54) is 5.69 Å². The van der Waals surface area contributed by atoms with Crippen LogP contribution in [0, 0.1) is 5.41 Å². The molecule has 3 fully saturated rings. The van der Waals surface area contributed by atoms with Crippen molar-refractivity contribution >= 4 is 17.7 Å². The molecule has 0 bridgehead atoms. The number of nitrogens with one attached hydrogen (secondary N) is 1. The van der Waals surface area contributed by atoms with Gasteiger partial charge in [-0.15, -0.1) is 0 Å². The lowest BCUT2D eigenvalue weighted by Gasteiger charge is -2.61. The van der Waals surface area contributed by atoms with Crippen molar-refractivity contribution in [3.63, 3.8) is 0 Å². The monoisotopic (exact) mass is 317 g/mol. The molecule has 2 amide bonds. The molecule has 4 rings (SSSR count). The quantitative estimate of drug-likeness (QED) is 0.876. The molecule has 0 saturated carbocycles. The van der Waals surface area contributed by atoms with E-state index in [9.17, 15) is 9.59 Å². The Balaban J connectivity index is 1.29. The molecule has 1 atom stereocenters. The Morgan fingerprint density at radius 2 is 1.96 bits per heavy atom. The Labute approximate surface area is 134 Å². The summed E-state index contributed by atoms with van der Waals surface area (Å²) >= 11 is 0. The van der Waals surface area contributed by atoms with Crippen LogP contribution >= 0.6 is 0 Å². The molecule has 3 saturated heterocycles. The predicted octanol–water partition coefficient (Wildman–Crippen LogP) is 0.452. The van der Waals surface area contributed by atoms with Gasteiger partial charge in [0.15, 0.2) is 0 Å². The zero-order valence-electron chi connectivity index (χ0n) is 12.9. The third-order valence-electron chi connectivity index (χ3n) is 4.83. The van der Waals surface area contributed by atoms with Gasteiger partial charge in [0.2, 0.25) is 5.91 Å². The van der Waals surface area contributed by atoms with Crippen LogP contribution in [0.5, 0.6) is 5.75 Å². The van der Waals surface area contributed by atoms with Crippen molar-refractivity contribution in [3.8, 4) is 5.75 Å². The number of likely N-dealkylation sites (tertiary alicyclic amines) is 1. The molecular formula is C16H19N3O4. The number of amides is 2. The third kappa shape index (κ3) is 2.36. The first-order chi connectivity index (χ1) is 11.1. The highest BCUT2D eigenvalue weighted by Gasteiger charge is 2.54. The lowest BCUT2D eigenvalue weighted by molar-refractivity contribution is -0.147. The molecule has 1 spiro atoms. The molecule has 0 aromatic heterocycles. The topological polar surface area (TPSA) is 71.1 Å². The molecule has 3 heterocycles. The number of hydrogen-bond acceptors (Lipinski definition) is 5. The average Bonchev–Trinajstić information content (AvgIpc) is 2.91. The van der Waals surface area contributed by atoms with E-state index in [1.807, 2.05) is 17.0 Å². The van der Waals surface area contributed by atoms with Gasteiger partial charge < -0.3 is 24.6 Å². The van der Waals surface area contributed by atoms with E-state index in [0.29, 0.717) is 0 Å². The van der Waals surface area contributed by atoms with Gasteiger partial charge in [-0.2, -0.15) is 0 Å². The Bertz CT molecular complexity index is 631. The van der Waals surface area contributed by atoms with Gasteiger partial charge in [0, 0.05) is 37.3 Å². The molecule has 7 heteroatoms. The summed E-state index contributed by atoms with van der Waals surface area (Å²) < 4.78 is 9.94. The summed E-state index contributed by atoms with van der Waals surface area (Å²) in [7, 11) is 1.66. The highest BCUT2D eigenvalue weighted by Crippen LogP contribution is 2.42. The Morgan fingerprint density at radius 1 is 1.26 bits per heavy atom. The third-order valence-corrected chi connectivity index (χ3v) is 4.83. The number of rotatable bonds is 3. The summed E-state index contributed by atoms with van der Waals surface area (Å²) in [5.41, 5.74) is 1.39. The van der Waals surface area contributed by atoms with E-state index in [-0.39, 0.29) is 17.9 Å². The zero-order chi connectivity index (χ0) is 16.0. The first-order valence-electron chi connectivity index (χ1n) is 7.70. The lowest BCUT2D eigenvalue weighted by atomic mass is 9.72. The van der Waals surface area contributed by atoms with Crippen LogP contribution in [0.1, 0.15) is 0 Å². The highest BCUT2D eigenvalue weighted by atomic mass is 16.6. The van der Waals surface area contributed by atoms with Crippen LogP contribution in [0.3, 0.4) is 0 Å². The van der Waals surface area contributed by atoms with Crippen LogP contribution in [0.15, 0.2) is 24.3 Å². The second kappa shape index (κ2) is 5.04. The van der Waals surface area contributed by atoms with Crippen LogP contribution in [-0.2, 0) is 9.53 Å². The van der Waals surface area contributed by atoms with Crippen LogP contribution in [0.25, 0.3) is 0 Å². The maximum atomic E-state index is 12.2. The largest absolute Gasteiger partial charge is 0.497 e. The van der Waals surface area contributed by atoms with Crippen molar-refractivity contribution in [2.45, 2.75) is 6.04 Å². The summed E-state index contributed by atoms with van der Waals surface area (Å²) in [5, 5.41) is 2.54. The number of benzene rings is 1. The van der Waals surface area contributed by atoms with E-state index < -0.39 is 12.1 Å². The molecule has 1 aromatic rings. The second-order valence-electron chi connectivity index (χ2n) is 6.54. The van der Waals surface area contributed by atoms with Gasteiger partial charge in [0.1, 0.15) is 18.4 Å². The van der Waals surface area contributed by atoms with E-state index in [1.54, 1.807) is 7.11 Å². The van der Waals surface area contributed by atoms with Gasteiger partial charge in [-0.05, 0) is 24.3 Å². The van der Waals surface area contributed by atoms with Crippen molar-refractivity contribution in [1.29, 1.82) is 0 Å². The van der Waals surface area contributed by atoms with Gasteiger partial charge in [-0.1, -0.05) is 0 Å². The molecular weight excluding hydrogens is 298 g/mol. The molecule has 3 aliphatic rings. The number of anilines is 1. The smallest absolute Gasteiger partial charge is 0.407 e. The van der Waals surface area contributed by atoms with Gasteiger partial charge >= 0.3 is 6.09 Å². The number of ether oxygens (including phenoxy) is 2. The summed E-state index contributed by atoms with van der Waals surface area (Å²) in [4.78, 5) is 27.4. The fourth-order valence-corrected chi connectivity index (χ4v) is 3.60. The van der Waals surface area contributed by atoms with Gasteiger partial charge in [0.25, 0.3) is 0 Å². The molecule has 3 aliphatic heterocycles. The standard InChI is InChI=1S/C16H19N3O4/c1-22-12-4-2-11(3-5-12)18-7-16(8-18)9-19(10-16)14(20)13-6-23-15(21)17-13/h2-5,13H,6-10H2,1H3,(H,17,21)/t13-/m0/s1. The number of carbonyl (C=O) groups excluding carboxylic acids is 2. The molecule has 122 valence electrons. The van der Waals surface area contributed by atoms with Crippen molar-refractivity contribution in [3.05, 3.63) is 24.3 Å². The number of nitrogens with zero attached hydrogens (tertiary/aromatic N) is 2. The van der Waals surface area contributed by atoms with Crippen molar-refractivity contribution in [1.82, 2.24) is 10.2 Å².